The summed E-state index contributed by atoms with van der Waals surface area (Å²) >= 11 is 11.8. The van der Waals surface area contributed by atoms with Gasteiger partial charge in [0, 0.05) is 12.0 Å². The quantitative estimate of drug-likeness (QED) is 0.907. The van der Waals surface area contributed by atoms with E-state index in [2.05, 4.69) is 11.4 Å². The highest BCUT2D eigenvalue weighted by atomic mass is 35.5. The first kappa shape index (κ1) is 14.3. The minimum Gasteiger partial charge on any atom is -0.297 e. The smallest absolute Gasteiger partial charge is 0.0997 e. The number of nitrogens with zero attached hydrogens (tertiary/aromatic N) is 1. The zero-order valence-corrected chi connectivity index (χ0v) is 11.7. The molecule has 0 bridgehead atoms. The Morgan fingerprint density at radius 1 is 1.29 bits per heavy atom. The second-order valence-corrected chi connectivity index (χ2v) is 5.84. The van der Waals surface area contributed by atoms with Crippen LogP contribution in [0.25, 0.3) is 0 Å². The van der Waals surface area contributed by atoms with E-state index in [0.29, 0.717) is 16.5 Å². The van der Waals surface area contributed by atoms with E-state index in [1.165, 1.54) is 0 Å². The Bertz CT molecular complexity index is 430. The molecular formula is C13H16Cl2N2. The van der Waals surface area contributed by atoms with E-state index in [4.69, 9.17) is 28.5 Å². The molecular weight excluding hydrogens is 255 g/mol. The summed E-state index contributed by atoms with van der Waals surface area (Å²) in [7, 11) is 0. The van der Waals surface area contributed by atoms with Crippen LogP contribution < -0.4 is 5.32 Å². The van der Waals surface area contributed by atoms with Crippen LogP contribution in [-0.4, -0.2) is 11.6 Å². The molecule has 0 amide bonds. The molecule has 4 heteroatoms. The third-order valence-electron chi connectivity index (χ3n) is 2.19. The Kier molecular flexibility index (Phi) is 4.82. The molecule has 1 unspecified atom stereocenters. The maximum absolute atomic E-state index is 9.10. The predicted molar refractivity (Wildman–Crippen MR) is 72.5 cm³/mol. The molecule has 0 spiro atoms. The van der Waals surface area contributed by atoms with E-state index < -0.39 is 0 Å². The molecule has 0 saturated carbocycles. The Morgan fingerprint density at radius 3 is 2.41 bits per heavy atom. The largest absolute Gasteiger partial charge is 0.297 e. The number of hydrogen-bond acceptors (Lipinski definition) is 2. The minimum atomic E-state index is -0.229. The molecule has 0 radical (unpaired) electrons. The number of benzene rings is 1. The van der Waals surface area contributed by atoms with E-state index in [1.807, 2.05) is 26.8 Å². The Labute approximate surface area is 113 Å². The van der Waals surface area contributed by atoms with E-state index in [1.54, 1.807) is 12.1 Å². The SMILES string of the molecule is CC(C)(C)NC(C#N)Cc1ccc(Cl)c(Cl)c1. The van der Waals surface area contributed by atoms with Crippen LogP contribution in [0.3, 0.4) is 0 Å². The molecule has 17 heavy (non-hydrogen) atoms. The van der Waals surface area contributed by atoms with Crippen molar-refractivity contribution in [2.75, 3.05) is 0 Å². The van der Waals surface area contributed by atoms with Gasteiger partial charge in [-0.25, -0.2) is 0 Å². The zero-order valence-electron chi connectivity index (χ0n) is 10.2. The van der Waals surface area contributed by atoms with Gasteiger partial charge in [0.05, 0.1) is 22.2 Å². The second kappa shape index (κ2) is 5.73. The lowest BCUT2D eigenvalue weighted by Gasteiger charge is -2.24. The van der Waals surface area contributed by atoms with Crippen molar-refractivity contribution in [1.29, 1.82) is 5.26 Å². The summed E-state index contributed by atoms with van der Waals surface area (Å²) in [6.07, 6.45) is 0.616. The molecule has 0 heterocycles. The summed E-state index contributed by atoms with van der Waals surface area (Å²) < 4.78 is 0. The van der Waals surface area contributed by atoms with E-state index >= 15 is 0 Å². The number of halogens is 2. The van der Waals surface area contributed by atoms with Crippen molar-refractivity contribution in [2.45, 2.75) is 38.8 Å². The van der Waals surface area contributed by atoms with Crippen molar-refractivity contribution in [3.05, 3.63) is 33.8 Å². The summed E-state index contributed by atoms with van der Waals surface area (Å²) in [6.45, 7) is 6.10. The van der Waals surface area contributed by atoms with Gasteiger partial charge >= 0.3 is 0 Å². The van der Waals surface area contributed by atoms with Crippen molar-refractivity contribution >= 4 is 23.2 Å². The maximum Gasteiger partial charge on any atom is 0.0997 e. The van der Waals surface area contributed by atoms with E-state index in [0.717, 1.165) is 5.56 Å². The number of rotatable bonds is 3. The van der Waals surface area contributed by atoms with Gasteiger partial charge in [-0.05, 0) is 38.5 Å². The number of nitriles is 1. The number of nitrogens with one attached hydrogen (secondary N) is 1. The molecule has 1 N–H and O–H groups in total. The van der Waals surface area contributed by atoms with Crippen molar-refractivity contribution in [3.8, 4) is 6.07 Å². The Morgan fingerprint density at radius 2 is 1.94 bits per heavy atom. The lowest BCUT2D eigenvalue weighted by Crippen LogP contribution is -2.43. The fraction of sp³-hybridized carbons (Fsp3) is 0.462. The van der Waals surface area contributed by atoms with Gasteiger partial charge in [-0.3, -0.25) is 5.32 Å². The van der Waals surface area contributed by atoms with Crippen LogP contribution in [0.2, 0.25) is 10.0 Å². The molecule has 0 aliphatic rings. The van der Waals surface area contributed by atoms with Crippen LogP contribution >= 0.6 is 23.2 Å². The molecule has 0 aromatic heterocycles. The normalized spacial score (nSPS) is 13.2. The van der Waals surface area contributed by atoms with Gasteiger partial charge in [0.15, 0.2) is 0 Å². The van der Waals surface area contributed by atoms with Crippen molar-refractivity contribution in [1.82, 2.24) is 5.32 Å². The van der Waals surface area contributed by atoms with Crippen molar-refractivity contribution in [3.63, 3.8) is 0 Å². The highest BCUT2D eigenvalue weighted by molar-refractivity contribution is 6.42. The van der Waals surface area contributed by atoms with Crippen LogP contribution in [0.5, 0.6) is 0 Å². The Hall–Kier alpha value is -0.750. The van der Waals surface area contributed by atoms with Gasteiger partial charge in [-0.1, -0.05) is 29.3 Å². The summed E-state index contributed by atoms with van der Waals surface area (Å²) in [5.74, 6) is 0. The first-order valence-corrected chi connectivity index (χ1v) is 6.18. The van der Waals surface area contributed by atoms with Gasteiger partial charge in [0.25, 0.3) is 0 Å². The fourth-order valence-electron chi connectivity index (χ4n) is 1.55. The molecule has 2 nitrogen and oxygen atoms in total. The zero-order chi connectivity index (χ0) is 13.1. The average Bonchev–Trinajstić information content (AvgIpc) is 2.20. The summed E-state index contributed by atoms with van der Waals surface area (Å²) in [5, 5.41) is 13.4. The molecule has 1 aromatic carbocycles. The van der Waals surface area contributed by atoms with Gasteiger partial charge in [-0.2, -0.15) is 5.26 Å². The fourth-order valence-corrected chi connectivity index (χ4v) is 1.87. The first-order valence-electron chi connectivity index (χ1n) is 5.43. The topological polar surface area (TPSA) is 35.8 Å². The second-order valence-electron chi connectivity index (χ2n) is 5.03. The first-order chi connectivity index (χ1) is 7.81. The van der Waals surface area contributed by atoms with Crippen LogP contribution in [-0.2, 0) is 6.42 Å². The molecule has 1 rings (SSSR count). The third-order valence-corrected chi connectivity index (χ3v) is 2.93. The van der Waals surface area contributed by atoms with Gasteiger partial charge < -0.3 is 0 Å². The van der Waals surface area contributed by atoms with Crippen LogP contribution in [0.4, 0.5) is 0 Å². The van der Waals surface area contributed by atoms with Gasteiger partial charge in [-0.15, -0.1) is 0 Å². The molecule has 92 valence electrons. The highest BCUT2D eigenvalue weighted by Crippen LogP contribution is 2.23. The highest BCUT2D eigenvalue weighted by Gasteiger charge is 2.17. The van der Waals surface area contributed by atoms with Gasteiger partial charge in [0.1, 0.15) is 0 Å². The van der Waals surface area contributed by atoms with Crippen LogP contribution in [0.15, 0.2) is 18.2 Å². The molecule has 0 aliphatic heterocycles. The Balaban J connectivity index is 2.75. The average molecular weight is 271 g/mol. The molecule has 1 aromatic rings. The lowest BCUT2D eigenvalue weighted by atomic mass is 10.0. The maximum atomic E-state index is 9.10. The third kappa shape index (κ3) is 4.95. The molecule has 0 aliphatic carbocycles. The molecule has 1 atom stereocenters. The number of hydrogen-bond donors (Lipinski definition) is 1. The van der Waals surface area contributed by atoms with E-state index in [9.17, 15) is 0 Å². The monoisotopic (exact) mass is 270 g/mol. The molecule has 0 fully saturated rings. The predicted octanol–water partition coefficient (Wildman–Crippen LogP) is 3.82. The lowest BCUT2D eigenvalue weighted by molar-refractivity contribution is 0.394. The van der Waals surface area contributed by atoms with Crippen molar-refractivity contribution in [2.24, 2.45) is 0 Å². The van der Waals surface area contributed by atoms with E-state index in [-0.39, 0.29) is 11.6 Å². The summed E-state index contributed by atoms with van der Waals surface area (Å²) in [4.78, 5) is 0. The van der Waals surface area contributed by atoms with Gasteiger partial charge in [0.2, 0.25) is 0 Å². The van der Waals surface area contributed by atoms with Crippen LogP contribution in [0.1, 0.15) is 26.3 Å². The minimum absolute atomic E-state index is 0.0867. The standard InChI is InChI=1S/C13H16Cl2N2/c1-13(2,3)17-10(8-16)6-9-4-5-11(14)12(15)7-9/h4-5,7,10,17H,6H2,1-3H3. The van der Waals surface area contributed by atoms with Crippen LogP contribution in [0, 0.1) is 11.3 Å². The summed E-state index contributed by atoms with van der Waals surface area (Å²) in [6, 6.07) is 7.48. The summed E-state index contributed by atoms with van der Waals surface area (Å²) in [5.41, 5.74) is 0.916. The van der Waals surface area contributed by atoms with Crippen molar-refractivity contribution < 1.29 is 0 Å². The molecule has 0 saturated heterocycles.